The fourth-order valence-corrected chi connectivity index (χ4v) is 2.32. The van der Waals surface area contributed by atoms with Gasteiger partial charge in [0.05, 0.1) is 5.69 Å². The van der Waals surface area contributed by atoms with Crippen LogP contribution in [0.5, 0.6) is 0 Å². The molecule has 1 amide bonds. The Hall–Kier alpha value is -1.51. The van der Waals surface area contributed by atoms with Crippen molar-refractivity contribution in [2.24, 2.45) is 5.41 Å². The summed E-state index contributed by atoms with van der Waals surface area (Å²) < 4.78 is 0. The molecule has 86 valence electrons. The number of para-hydroxylation sites is 1. The summed E-state index contributed by atoms with van der Waals surface area (Å²) in [5.41, 5.74) is 1.93. The first-order valence-corrected chi connectivity index (χ1v) is 5.51. The van der Waals surface area contributed by atoms with Crippen molar-refractivity contribution >= 4 is 11.8 Å². The molecule has 0 saturated carbocycles. The average molecular weight is 219 g/mol. The predicted octanol–water partition coefficient (Wildman–Crippen LogP) is 3.14. The Kier molecular flexibility index (Phi) is 2.41. The Morgan fingerprint density at radius 3 is 2.56 bits per heavy atom. The molecule has 2 rings (SSSR count). The normalized spacial score (nSPS) is 19.7. The number of anilines is 1. The highest BCUT2D eigenvalue weighted by atomic mass is 16.4. The molecular formula is C13H17NO2. The summed E-state index contributed by atoms with van der Waals surface area (Å²) in [5, 5.41) is 9.32. The second kappa shape index (κ2) is 3.51. The monoisotopic (exact) mass is 219 g/mol. The smallest absolute Gasteiger partial charge is 0.412 e. The summed E-state index contributed by atoms with van der Waals surface area (Å²) >= 11 is 0. The minimum absolute atomic E-state index is 0.0300. The number of fused-ring (bicyclic) bond motifs is 1. The molecule has 1 aromatic rings. The molecule has 1 heterocycles. The van der Waals surface area contributed by atoms with E-state index >= 15 is 0 Å². The number of carbonyl (C=O) groups is 1. The summed E-state index contributed by atoms with van der Waals surface area (Å²) in [7, 11) is 0. The van der Waals surface area contributed by atoms with E-state index in [4.69, 9.17) is 0 Å². The van der Waals surface area contributed by atoms with Gasteiger partial charge < -0.3 is 5.11 Å². The highest BCUT2D eigenvalue weighted by Crippen LogP contribution is 2.39. The molecule has 0 saturated heterocycles. The highest BCUT2D eigenvalue weighted by Gasteiger charge is 2.40. The SMILES string of the molecule is CC(C)(C)C1Cc2ccccc2N1C(=O)O. The van der Waals surface area contributed by atoms with Crippen molar-refractivity contribution in [1.29, 1.82) is 0 Å². The van der Waals surface area contributed by atoms with E-state index in [9.17, 15) is 9.90 Å². The molecule has 1 aliphatic heterocycles. The van der Waals surface area contributed by atoms with Gasteiger partial charge in [0.25, 0.3) is 0 Å². The number of benzene rings is 1. The molecule has 0 spiro atoms. The van der Waals surface area contributed by atoms with Crippen molar-refractivity contribution in [3.63, 3.8) is 0 Å². The largest absolute Gasteiger partial charge is 0.465 e. The third-order valence-corrected chi connectivity index (χ3v) is 3.18. The van der Waals surface area contributed by atoms with Crippen molar-refractivity contribution in [1.82, 2.24) is 0 Å². The van der Waals surface area contributed by atoms with Gasteiger partial charge in [-0.05, 0) is 23.5 Å². The maximum atomic E-state index is 11.3. The van der Waals surface area contributed by atoms with Crippen LogP contribution in [0.1, 0.15) is 26.3 Å². The first-order chi connectivity index (χ1) is 7.41. The predicted molar refractivity (Wildman–Crippen MR) is 63.9 cm³/mol. The molecule has 1 atom stereocenters. The molecule has 16 heavy (non-hydrogen) atoms. The Morgan fingerprint density at radius 1 is 1.38 bits per heavy atom. The first kappa shape index (κ1) is 11.0. The van der Waals surface area contributed by atoms with Crippen LogP contribution in [0, 0.1) is 5.41 Å². The van der Waals surface area contributed by atoms with Crippen molar-refractivity contribution in [2.45, 2.75) is 33.2 Å². The quantitative estimate of drug-likeness (QED) is 0.728. The lowest BCUT2D eigenvalue weighted by molar-refractivity contribution is 0.191. The van der Waals surface area contributed by atoms with Crippen LogP contribution in [0.25, 0.3) is 0 Å². The number of carboxylic acid groups (broad SMARTS) is 1. The lowest BCUT2D eigenvalue weighted by Gasteiger charge is -2.33. The maximum absolute atomic E-state index is 11.3. The Bertz CT molecular complexity index is 420. The molecule has 0 fully saturated rings. The minimum atomic E-state index is -0.857. The molecule has 3 heteroatoms. The average Bonchev–Trinajstić information content (AvgIpc) is 2.55. The maximum Gasteiger partial charge on any atom is 0.412 e. The van der Waals surface area contributed by atoms with Crippen molar-refractivity contribution in [3.05, 3.63) is 29.8 Å². The Balaban J connectivity index is 2.46. The topological polar surface area (TPSA) is 40.5 Å². The zero-order valence-corrected chi connectivity index (χ0v) is 9.90. The van der Waals surface area contributed by atoms with E-state index < -0.39 is 6.09 Å². The molecule has 1 aromatic carbocycles. The van der Waals surface area contributed by atoms with Crippen LogP contribution in [0.4, 0.5) is 10.5 Å². The second-order valence-electron chi connectivity index (χ2n) is 5.37. The molecule has 0 aliphatic carbocycles. The third kappa shape index (κ3) is 1.66. The lowest BCUT2D eigenvalue weighted by atomic mass is 9.84. The van der Waals surface area contributed by atoms with E-state index in [0.29, 0.717) is 0 Å². The summed E-state index contributed by atoms with van der Waals surface area (Å²) in [6.45, 7) is 6.25. The van der Waals surface area contributed by atoms with Crippen LogP contribution in [-0.2, 0) is 6.42 Å². The molecule has 0 radical (unpaired) electrons. The van der Waals surface area contributed by atoms with E-state index in [1.807, 2.05) is 24.3 Å². The van der Waals surface area contributed by atoms with Gasteiger partial charge in [-0.25, -0.2) is 4.79 Å². The molecule has 0 aromatic heterocycles. The molecule has 0 bridgehead atoms. The van der Waals surface area contributed by atoms with E-state index in [1.165, 1.54) is 4.90 Å². The van der Waals surface area contributed by atoms with Crippen LogP contribution in [0.2, 0.25) is 0 Å². The van der Waals surface area contributed by atoms with Crippen molar-refractivity contribution in [2.75, 3.05) is 4.90 Å². The summed E-state index contributed by atoms with van der Waals surface area (Å²) in [6, 6.07) is 7.78. The van der Waals surface area contributed by atoms with Crippen LogP contribution in [-0.4, -0.2) is 17.2 Å². The standard InChI is InChI=1S/C13H17NO2/c1-13(2,3)11-8-9-6-4-5-7-10(9)14(11)12(15)16/h4-7,11H,8H2,1-3H3,(H,15,16). The minimum Gasteiger partial charge on any atom is -0.465 e. The van der Waals surface area contributed by atoms with Crippen LogP contribution < -0.4 is 4.90 Å². The number of nitrogens with zero attached hydrogens (tertiary/aromatic N) is 1. The second-order valence-corrected chi connectivity index (χ2v) is 5.37. The zero-order valence-electron chi connectivity index (χ0n) is 9.90. The van der Waals surface area contributed by atoms with Crippen LogP contribution in [0.3, 0.4) is 0 Å². The molecular weight excluding hydrogens is 202 g/mol. The fraction of sp³-hybridized carbons (Fsp3) is 0.462. The van der Waals surface area contributed by atoms with Crippen molar-refractivity contribution in [3.8, 4) is 0 Å². The van der Waals surface area contributed by atoms with Gasteiger partial charge in [-0.3, -0.25) is 4.90 Å². The van der Waals surface area contributed by atoms with Gasteiger partial charge in [-0.1, -0.05) is 39.0 Å². The fourth-order valence-electron chi connectivity index (χ4n) is 2.32. The van der Waals surface area contributed by atoms with Gasteiger partial charge in [0.1, 0.15) is 0 Å². The van der Waals surface area contributed by atoms with E-state index in [0.717, 1.165) is 17.7 Å². The van der Waals surface area contributed by atoms with Gasteiger partial charge in [0.2, 0.25) is 0 Å². The first-order valence-electron chi connectivity index (χ1n) is 5.51. The van der Waals surface area contributed by atoms with E-state index in [2.05, 4.69) is 20.8 Å². The van der Waals surface area contributed by atoms with Crippen LogP contribution in [0.15, 0.2) is 24.3 Å². The van der Waals surface area contributed by atoms with E-state index in [1.54, 1.807) is 0 Å². The number of amides is 1. The number of hydrogen-bond donors (Lipinski definition) is 1. The van der Waals surface area contributed by atoms with E-state index in [-0.39, 0.29) is 11.5 Å². The summed E-state index contributed by atoms with van der Waals surface area (Å²) in [4.78, 5) is 12.9. The number of hydrogen-bond acceptors (Lipinski definition) is 1. The lowest BCUT2D eigenvalue weighted by Crippen LogP contribution is -2.44. The van der Waals surface area contributed by atoms with Gasteiger partial charge in [-0.15, -0.1) is 0 Å². The van der Waals surface area contributed by atoms with Crippen LogP contribution >= 0.6 is 0 Å². The van der Waals surface area contributed by atoms with Gasteiger partial charge in [0.15, 0.2) is 0 Å². The zero-order chi connectivity index (χ0) is 11.9. The summed E-state index contributed by atoms with van der Waals surface area (Å²) in [5.74, 6) is 0. The third-order valence-electron chi connectivity index (χ3n) is 3.18. The Labute approximate surface area is 95.7 Å². The van der Waals surface area contributed by atoms with Gasteiger partial charge >= 0.3 is 6.09 Å². The number of rotatable bonds is 0. The molecule has 1 unspecified atom stereocenters. The highest BCUT2D eigenvalue weighted by molar-refractivity contribution is 5.90. The molecule has 3 nitrogen and oxygen atoms in total. The molecule has 1 aliphatic rings. The van der Waals surface area contributed by atoms with Crippen molar-refractivity contribution < 1.29 is 9.90 Å². The van der Waals surface area contributed by atoms with Gasteiger partial charge in [-0.2, -0.15) is 0 Å². The van der Waals surface area contributed by atoms with Gasteiger partial charge in [0, 0.05) is 6.04 Å². The Morgan fingerprint density at radius 2 is 2.00 bits per heavy atom. The molecule has 1 N–H and O–H groups in total. The summed E-state index contributed by atoms with van der Waals surface area (Å²) in [6.07, 6.45) is -0.0451.